The predicted octanol–water partition coefficient (Wildman–Crippen LogP) is -0.581. The summed E-state index contributed by atoms with van der Waals surface area (Å²) in [5.41, 5.74) is 5.39. The smallest absolute Gasteiger partial charge is 0.244 e. The fraction of sp³-hybridized carbons (Fsp3) is 0.444. The van der Waals surface area contributed by atoms with Crippen molar-refractivity contribution >= 4 is 15.8 Å². The second-order valence-electron chi connectivity index (χ2n) is 3.72. The molecule has 0 aromatic carbocycles. The largest absolute Gasteiger partial charge is 0.392 e. The molecule has 0 bridgehead atoms. The predicted molar refractivity (Wildman–Crippen MR) is 58.0 cm³/mol. The van der Waals surface area contributed by atoms with Crippen molar-refractivity contribution in [2.24, 2.45) is 0 Å². The van der Waals surface area contributed by atoms with E-state index >= 15 is 0 Å². The van der Waals surface area contributed by atoms with Crippen LogP contribution in [0.3, 0.4) is 0 Å². The van der Waals surface area contributed by atoms with Gasteiger partial charge < -0.3 is 10.8 Å². The Morgan fingerprint density at radius 3 is 2.75 bits per heavy atom. The topological polar surface area (TPSA) is 96.5 Å². The lowest BCUT2D eigenvalue weighted by atomic mass is 10.3. The van der Waals surface area contributed by atoms with Crippen LogP contribution in [0.1, 0.15) is 6.42 Å². The van der Waals surface area contributed by atoms with Crippen molar-refractivity contribution < 1.29 is 13.5 Å². The summed E-state index contributed by atoms with van der Waals surface area (Å²) >= 11 is 0. The number of nitrogen functional groups attached to an aromatic ring is 1. The number of aromatic nitrogens is 1. The Morgan fingerprint density at radius 1 is 1.50 bits per heavy atom. The molecule has 2 heterocycles. The molecule has 0 aliphatic carbocycles. The molecular formula is C9H13N3O3S. The summed E-state index contributed by atoms with van der Waals surface area (Å²) in [5, 5.41) is 9.31. The summed E-state index contributed by atoms with van der Waals surface area (Å²) in [6.45, 7) is 0.487. The third-order valence-corrected chi connectivity index (χ3v) is 4.37. The van der Waals surface area contributed by atoms with Crippen molar-refractivity contribution in [2.45, 2.75) is 17.4 Å². The number of rotatable bonds is 2. The first-order chi connectivity index (χ1) is 7.50. The molecule has 1 saturated heterocycles. The highest BCUT2D eigenvalue weighted by Gasteiger charge is 2.31. The second-order valence-corrected chi connectivity index (χ2v) is 5.66. The fourth-order valence-corrected chi connectivity index (χ4v) is 3.06. The van der Waals surface area contributed by atoms with E-state index in [-0.39, 0.29) is 17.3 Å². The number of anilines is 1. The van der Waals surface area contributed by atoms with Gasteiger partial charge in [-0.25, -0.2) is 13.4 Å². The van der Waals surface area contributed by atoms with Crippen molar-refractivity contribution in [3.8, 4) is 0 Å². The highest BCUT2D eigenvalue weighted by atomic mass is 32.2. The van der Waals surface area contributed by atoms with Crippen molar-refractivity contribution in [1.29, 1.82) is 0 Å². The number of hydrogen-bond donors (Lipinski definition) is 2. The van der Waals surface area contributed by atoms with E-state index in [0.717, 1.165) is 0 Å². The van der Waals surface area contributed by atoms with Gasteiger partial charge in [-0.15, -0.1) is 0 Å². The zero-order valence-corrected chi connectivity index (χ0v) is 9.39. The van der Waals surface area contributed by atoms with E-state index in [0.29, 0.717) is 13.0 Å². The van der Waals surface area contributed by atoms with E-state index in [2.05, 4.69) is 4.98 Å². The van der Waals surface area contributed by atoms with Crippen molar-refractivity contribution in [1.82, 2.24) is 9.29 Å². The lowest BCUT2D eigenvalue weighted by molar-refractivity contribution is 0.189. The molecule has 2 rings (SSSR count). The maximum absolute atomic E-state index is 12.0. The summed E-state index contributed by atoms with van der Waals surface area (Å²) in [6.07, 6.45) is 1.13. The number of β-amino-alcohol motifs (C(OH)–C–C–N with tert-alkyl or cyclic N) is 1. The highest BCUT2D eigenvalue weighted by Crippen LogP contribution is 2.20. The van der Waals surface area contributed by atoms with Gasteiger partial charge in [-0.1, -0.05) is 0 Å². The monoisotopic (exact) mass is 243 g/mol. The summed E-state index contributed by atoms with van der Waals surface area (Å²) in [4.78, 5) is 3.85. The molecule has 16 heavy (non-hydrogen) atoms. The van der Waals surface area contributed by atoms with Gasteiger partial charge in [0.15, 0.2) is 0 Å². The van der Waals surface area contributed by atoms with Gasteiger partial charge in [0.05, 0.1) is 6.10 Å². The summed E-state index contributed by atoms with van der Waals surface area (Å²) in [6, 6.07) is 2.86. The van der Waals surface area contributed by atoms with E-state index in [9.17, 15) is 13.5 Å². The number of hydrogen-bond acceptors (Lipinski definition) is 5. The first-order valence-corrected chi connectivity index (χ1v) is 6.34. The molecule has 0 amide bonds. The van der Waals surface area contributed by atoms with Gasteiger partial charge in [-0.05, 0) is 18.6 Å². The Labute approximate surface area is 93.8 Å². The first kappa shape index (κ1) is 11.3. The maximum atomic E-state index is 12.0. The van der Waals surface area contributed by atoms with Crippen LogP contribution in [0.25, 0.3) is 0 Å². The number of sulfonamides is 1. The van der Waals surface area contributed by atoms with Crippen LogP contribution in [0, 0.1) is 0 Å². The van der Waals surface area contributed by atoms with Crippen LogP contribution < -0.4 is 5.73 Å². The number of pyridine rings is 1. The molecule has 0 radical (unpaired) electrons. The Hall–Kier alpha value is -1.18. The van der Waals surface area contributed by atoms with Gasteiger partial charge in [0.1, 0.15) is 10.7 Å². The third-order valence-electron chi connectivity index (χ3n) is 2.52. The van der Waals surface area contributed by atoms with Crippen LogP contribution in [0.4, 0.5) is 5.82 Å². The van der Waals surface area contributed by atoms with Gasteiger partial charge in [0.25, 0.3) is 0 Å². The summed E-state index contributed by atoms with van der Waals surface area (Å²) in [5.74, 6) is 0.278. The maximum Gasteiger partial charge on any atom is 0.244 e. The van der Waals surface area contributed by atoms with Crippen LogP contribution in [0.5, 0.6) is 0 Å². The second kappa shape index (κ2) is 4.00. The summed E-state index contributed by atoms with van der Waals surface area (Å²) in [7, 11) is -3.53. The number of nitrogens with two attached hydrogens (primary N) is 1. The number of aliphatic hydroxyl groups excluding tert-OH is 1. The summed E-state index contributed by atoms with van der Waals surface area (Å²) < 4.78 is 25.3. The lowest BCUT2D eigenvalue weighted by Crippen LogP contribution is -2.29. The van der Waals surface area contributed by atoms with E-state index in [1.54, 1.807) is 0 Å². The molecule has 1 aromatic rings. The van der Waals surface area contributed by atoms with Crippen LogP contribution >= 0.6 is 0 Å². The lowest BCUT2D eigenvalue weighted by Gasteiger charge is -2.15. The molecule has 88 valence electrons. The Bertz CT molecular complexity index is 471. The molecule has 0 unspecified atom stereocenters. The molecule has 1 atom stereocenters. The zero-order chi connectivity index (χ0) is 11.8. The molecule has 3 N–H and O–H groups in total. The molecule has 0 saturated carbocycles. The minimum absolute atomic E-state index is 0.107. The minimum Gasteiger partial charge on any atom is -0.392 e. The first-order valence-electron chi connectivity index (χ1n) is 4.90. The molecule has 1 aromatic heterocycles. The average Bonchev–Trinajstić information content (AvgIpc) is 2.66. The molecule has 1 fully saturated rings. The van der Waals surface area contributed by atoms with Crippen LogP contribution in [-0.2, 0) is 10.0 Å². The van der Waals surface area contributed by atoms with E-state index < -0.39 is 16.1 Å². The van der Waals surface area contributed by atoms with E-state index in [1.165, 1.54) is 22.6 Å². The minimum atomic E-state index is -3.53. The van der Waals surface area contributed by atoms with Crippen LogP contribution in [0.15, 0.2) is 23.2 Å². The van der Waals surface area contributed by atoms with Gasteiger partial charge >= 0.3 is 0 Å². The van der Waals surface area contributed by atoms with Crippen molar-refractivity contribution in [3.05, 3.63) is 18.3 Å². The van der Waals surface area contributed by atoms with E-state index in [1.807, 2.05) is 0 Å². The zero-order valence-electron chi connectivity index (χ0n) is 8.57. The normalized spacial score (nSPS) is 22.4. The molecule has 6 nitrogen and oxygen atoms in total. The van der Waals surface area contributed by atoms with Crippen molar-refractivity contribution in [3.63, 3.8) is 0 Å². The highest BCUT2D eigenvalue weighted by molar-refractivity contribution is 7.89. The third kappa shape index (κ3) is 2.01. The molecule has 1 aliphatic rings. The van der Waals surface area contributed by atoms with Gasteiger partial charge in [-0.3, -0.25) is 0 Å². The molecule has 1 aliphatic heterocycles. The van der Waals surface area contributed by atoms with Gasteiger partial charge in [0, 0.05) is 19.3 Å². The Kier molecular flexibility index (Phi) is 2.83. The standard InChI is InChI=1S/C9H13N3O3S/c10-9-2-1-8(5-11-9)16(14,15)12-4-3-7(13)6-12/h1-2,5,7,13H,3-4,6H2,(H2,10,11)/t7-/m1/s1. The van der Waals surface area contributed by atoms with Crippen LogP contribution in [-0.4, -0.2) is 42.0 Å². The molecule has 7 heteroatoms. The molecule has 0 spiro atoms. The van der Waals surface area contributed by atoms with E-state index in [4.69, 9.17) is 5.73 Å². The Balaban J connectivity index is 2.29. The molecular weight excluding hydrogens is 230 g/mol. The van der Waals surface area contributed by atoms with Crippen LogP contribution in [0.2, 0.25) is 0 Å². The number of nitrogens with zero attached hydrogens (tertiary/aromatic N) is 2. The Morgan fingerprint density at radius 2 is 2.25 bits per heavy atom. The fourth-order valence-electron chi connectivity index (χ4n) is 1.62. The van der Waals surface area contributed by atoms with Gasteiger partial charge in [-0.2, -0.15) is 4.31 Å². The quantitative estimate of drug-likeness (QED) is 0.724. The number of aliphatic hydroxyl groups is 1. The SMILES string of the molecule is Nc1ccc(S(=O)(=O)N2CC[C@@H](O)C2)cn1. The average molecular weight is 243 g/mol. The van der Waals surface area contributed by atoms with Crippen molar-refractivity contribution in [2.75, 3.05) is 18.8 Å². The van der Waals surface area contributed by atoms with Gasteiger partial charge in [0.2, 0.25) is 10.0 Å².